The van der Waals surface area contributed by atoms with E-state index in [2.05, 4.69) is 17.3 Å². The number of aromatic nitrogens is 2. The number of aryl methyl sites for hydroxylation is 2. The second-order valence-corrected chi connectivity index (χ2v) is 3.91. The van der Waals surface area contributed by atoms with Crippen molar-refractivity contribution < 1.29 is 8.78 Å². The van der Waals surface area contributed by atoms with Crippen LogP contribution in [0.25, 0.3) is 10.9 Å². The minimum atomic E-state index is -2.37. The van der Waals surface area contributed by atoms with Gasteiger partial charge in [-0.2, -0.15) is 5.10 Å². The number of nitrogens with one attached hydrogen (secondary N) is 1. The molecule has 0 saturated heterocycles. The Morgan fingerprint density at radius 3 is 2.82 bits per heavy atom. The Balaban J connectivity index is 2.45. The molecule has 0 spiro atoms. The third-order valence-corrected chi connectivity index (χ3v) is 2.75. The number of nitrogens with zero attached hydrogens (tertiary/aromatic N) is 2. The first kappa shape index (κ1) is 11.8. The number of anilines is 1. The van der Waals surface area contributed by atoms with Crippen molar-refractivity contribution in [3.63, 3.8) is 0 Å². The molecule has 1 aromatic carbocycles. The first-order chi connectivity index (χ1) is 8.13. The molecule has 5 heteroatoms. The summed E-state index contributed by atoms with van der Waals surface area (Å²) in [6.07, 6.45) is -1.48. The van der Waals surface area contributed by atoms with Crippen molar-refractivity contribution in [1.29, 1.82) is 0 Å². The van der Waals surface area contributed by atoms with E-state index >= 15 is 0 Å². The van der Waals surface area contributed by atoms with Crippen LogP contribution in [0.1, 0.15) is 12.5 Å². The molecule has 1 N–H and O–H groups in total. The number of halogens is 2. The van der Waals surface area contributed by atoms with Gasteiger partial charge in [-0.05, 0) is 18.1 Å². The van der Waals surface area contributed by atoms with Gasteiger partial charge in [0.15, 0.2) is 5.82 Å². The number of hydrogen-bond donors (Lipinski definition) is 1. The predicted octanol–water partition coefficient (Wildman–Crippen LogP) is 2.81. The third-order valence-electron chi connectivity index (χ3n) is 2.75. The smallest absolute Gasteiger partial charge is 0.255 e. The van der Waals surface area contributed by atoms with Crippen molar-refractivity contribution in [3.05, 3.63) is 23.8 Å². The van der Waals surface area contributed by atoms with Crippen LogP contribution in [0.2, 0.25) is 0 Å². The van der Waals surface area contributed by atoms with Crippen LogP contribution in [-0.4, -0.2) is 22.8 Å². The summed E-state index contributed by atoms with van der Waals surface area (Å²) in [6.45, 7) is 1.69. The number of hydrogen-bond acceptors (Lipinski definition) is 2. The van der Waals surface area contributed by atoms with Gasteiger partial charge in [0.2, 0.25) is 0 Å². The Bertz CT molecular complexity index is 520. The van der Waals surface area contributed by atoms with E-state index in [0.717, 1.165) is 17.3 Å². The van der Waals surface area contributed by atoms with E-state index in [1.165, 1.54) is 5.56 Å². The summed E-state index contributed by atoms with van der Waals surface area (Å²) >= 11 is 0. The van der Waals surface area contributed by atoms with Gasteiger partial charge in [0.05, 0.1) is 12.1 Å². The summed E-state index contributed by atoms with van der Waals surface area (Å²) in [7, 11) is 1.83. The van der Waals surface area contributed by atoms with Crippen LogP contribution in [0.5, 0.6) is 0 Å². The molecule has 0 aliphatic rings. The summed E-state index contributed by atoms with van der Waals surface area (Å²) in [4.78, 5) is 0. The summed E-state index contributed by atoms with van der Waals surface area (Å²) in [5.41, 5.74) is 2.18. The average molecular weight is 239 g/mol. The molecule has 2 rings (SSSR count). The van der Waals surface area contributed by atoms with Gasteiger partial charge < -0.3 is 5.32 Å². The van der Waals surface area contributed by atoms with Gasteiger partial charge in [-0.3, -0.25) is 4.68 Å². The van der Waals surface area contributed by atoms with E-state index in [1.807, 2.05) is 25.2 Å². The molecule has 1 heterocycles. The molecule has 3 nitrogen and oxygen atoms in total. The first-order valence-electron chi connectivity index (χ1n) is 5.60. The van der Waals surface area contributed by atoms with Gasteiger partial charge in [0.1, 0.15) is 0 Å². The Morgan fingerprint density at radius 2 is 2.18 bits per heavy atom. The fourth-order valence-corrected chi connectivity index (χ4v) is 2.01. The van der Waals surface area contributed by atoms with Crippen molar-refractivity contribution in [1.82, 2.24) is 9.78 Å². The molecule has 2 aromatic rings. The van der Waals surface area contributed by atoms with Gasteiger partial charge in [0.25, 0.3) is 6.43 Å². The highest BCUT2D eigenvalue weighted by atomic mass is 19.3. The van der Waals surface area contributed by atoms with Crippen LogP contribution in [0, 0.1) is 0 Å². The van der Waals surface area contributed by atoms with Gasteiger partial charge in [-0.25, -0.2) is 8.78 Å². The Kier molecular flexibility index (Phi) is 3.26. The van der Waals surface area contributed by atoms with Crippen LogP contribution in [-0.2, 0) is 13.5 Å². The molecule has 0 aliphatic carbocycles. The zero-order chi connectivity index (χ0) is 12.4. The monoisotopic (exact) mass is 239 g/mol. The molecule has 17 heavy (non-hydrogen) atoms. The maximum atomic E-state index is 12.2. The minimum Gasteiger partial charge on any atom is -0.362 e. The quantitative estimate of drug-likeness (QED) is 0.889. The lowest BCUT2D eigenvalue weighted by Gasteiger charge is -2.02. The van der Waals surface area contributed by atoms with E-state index in [-0.39, 0.29) is 6.54 Å². The maximum Gasteiger partial charge on any atom is 0.255 e. The van der Waals surface area contributed by atoms with Crippen LogP contribution in [0.3, 0.4) is 0 Å². The highest BCUT2D eigenvalue weighted by Crippen LogP contribution is 2.25. The van der Waals surface area contributed by atoms with Crippen LogP contribution in [0.15, 0.2) is 18.2 Å². The molecular weight excluding hydrogens is 224 g/mol. The fraction of sp³-hybridized carbons (Fsp3) is 0.417. The Morgan fingerprint density at radius 1 is 1.41 bits per heavy atom. The number of para-hydroxylation sites is 1. The maximum absolute atomic E-state index is 12.2. The molecule has 0 radical (unpaired) electrons. The number of benzene rings is 1. The van der Waals surface area contributed by atoms with E-state index < -0.39 is 6.43 Å². The molecule has 1 aromatic heterocycles. The van der Waals surface area contributed by atoms with E-state index in [9.17, 15) is 8.78 Å². The van der Waals surface area contributed by atoms with E-state index in [0.29, 0.717) is 5.82 Å². The van der Waals surface area contributed by atoms with Gasteiger partial charge in [-0.15, -0.1) is 0 Å². The number of rotatable bonds is 4. The molecule has 0 bridgehead atoms. The topological polar surface area (TPSA) is 29.9 Å². The molecule has 0 amide bonds. The number of alkyl halides is 2. The molecule has 92 valence electrons. The molecule has 0 fully saturated rings. The lowest BCUT2D eigenvalue weighted by molar-refractivity contribution is 0.163. The summed E-state index contributed by atoms with van der Waals surface area (Å²) < 4.78 is 26.1. The lowest BCUT2D eigenvalue weighted by Crippen LogP contribution is -2.10. The Labute approximate surface area is 98.4 Å². The second kappa shape index (κ2) is 4.69. The van der Waals surface area contributed by atoms with E-state index in [1.54, 1.807) is 4.68 Å². The van der Waals surface area contributed by atoms with Crippen molar-refractivity contribution in [2.24, 2.45) is 7.05 Å². The standard InChI is InChI=1S/C12H15F2N3/c1-3-8-5-4-6-9-11(8)17(2)16-12(9)15-7-10(13)14/h4-6,10H,3,7H2,1-2H3,(H,15,16). The SMILES string of the molecule is CCc1cccc2c(NCC(F)F)nn(C)c12. The summed E-state index contributed by atoms with van der Waals surface area (Å²) in [5.74, 6) is 0.526. The molecule has 0 saturated carbocycles. The lowest BCUT2D eigenvalue weighted by atomic mass is 10.1. The summed E-state index contributed by atoms with van der Waals surface area (Å²) in [6, 6.07) is 5.85. The minimum absolute atomic E-state index is 0.373. The molecular formula is C12H15F2N3. The van der Waals surface area contributed by atoms with Crippen molar-refractivity contribution >= 4 is 16.7 Å². The fourth-order valence-electron chi connectivity index (χ4n) is 2.01. The first-order valence-corrected chi connectivity index (χ1v) is 5.60. The zero-order valence-electron chi connectivity index (χ0n) is 9.87. The molecule has 0 aliphatic heterocycles. The Hall–Kier alpha value is -1.65. The molecule has 0 atom stereocenters. The van der Waals surface area contributed by atoms with Crippen LogP contribution in [0.4, 0.5) is 14.6 Å². The van der Waals surface area contributed by atoms with Crippen molar-refractivity contribution in [2.75, 3.05) is 11.9 Å². The zero-order valence-corrected chi connectivity index (χ0v) is 9.87. The van der Waals surface area contributed by atoms with E-state index in [4.69, 9.17) is 0 Å². The third kappa shape index (κ3) is 2.23. The largest absolute Gasteiger partial charge is 0.362 e. The van der Waals surface area contributed by atoms with Crippen LogP contribution >= 0.6 is 0 Å². The second-order valence-electron chi connectivity index (χ2n) is 3.91. The normalized spacial score (nSPS) is 11.4. The van der Waals surface area contributed by atoms with Gasteiger partial charge >= 0.3 is 0 Å². The highest BCUT2D eigenvalue weighted by Gasteiger charge is 2.12. The summed E-state index contributed by atoms with van der Waals surface area (Å²) in [5, 5.41) is 7.82. The van der Waals surface area contributed by atoms with Crippen molar-refractivity contribution in [3.8, 4) is 0 Å². The van der Waals surface area contributed by atoms with Gasteiger partial charge in [-0.1, -0.05) is 19.1 Å². The highest BCUT2D eigenvalue weighted by molar-refractivity contribution is 5.92. The average Bonchev–Trinajstić information content (AvgIpc) is 2.64. The molecule has 0 unspecified atom stereocenters. The van der Waals surface area contributed by atoms with Crippen molar-refractivity contribution in [2.45, 2.75) is 19.8 Å². The van der Waals surface area contributed by atoms with Gasteiger partial charge in [0, 0.05) is 12.4 Å². The van der Waals surface area contributed by atoms with Crippen LogP contribution < -0.4 is 5.32 Å². The predicted molar refractivity (Wildman–Crippen MR) is 64.6 cm³/mol. The number of fused-ring (bicyclic) bond motifs is 1.